The third-order valence-electron chi connectivity index (χ3n) is 6.39. The van der Waals surface area contributed by atoms with Gasteiger partial charge in [-0.2, -0.15) is 0 Å². The Morgan fingerprint density at radius 1 is 1.23 bits per heavy atom. The Labute approximate surface area is 202 Å². The number of carbonyl (C=O) groups is 3. The molecular formula is C25H29FN4O5. The highest BCUT2D eigenvalue weighted by molar-refractivity contribution is 5.83. The van der Waals surface area contributed by atoms with E-state index in [1.807, 2.05) is 0 Å². The van der Waals surface area contributed by atoms with Crippen molar-refractivity contribution >= 4 is 23.8 Å². The van der Waals surface area contributed by atoms with Crippen molar-refractivity contribution in [2.45, 2.75) is 44.8 Å². The summed E-state index contributed by atoms with van der Waals surface area (Å²) in [4.78, 5) is 40.6. The van der Waals surface area contributed by atoms with Crippen LogP contribution in [0.25, 0.3) is 0 Å². The number of carbonyl (C=O) groups excluding carboxylic acids is 2. The van der Waals surface area contributed by atoms with Crippen LogP contribution in [0.4, 0.5) is 15.0 Å². The van der Waals surface area contributed by atoms with Gasteiger partial charge in [0, 0.05) is 24.7 Å². The van der Waals surface area contributed by atoms with E-state index in [4.69, 9.17) is 9.72 Å². The van der Waals surface area contributed by atoms with Gasteiger partial charge in [-0.05, 0) is 67.3 Å². The molecule has 0 spiro atoms. The molecule has 9 nitrogen and oxygen atoms in total. The number of alkyl carbamates (subject to hydrolysis) is 1. The number of pyridine rings is 1. The Kier molecular flexibility index (Phi) is 7.79. The molecule has 4 N–H and O–H groups in total. The first kappa shape index (κ1) is 24.4. The SMILES string of the molecule is O=C(N[C@@H](CNC(=O)C1CC(Cc2ccc3c(n2)NCCC3)C1)C(=O)O)OCc1cccc(F)c1. The highest BCUT2D eigenvalue weighted by Gasteiger charge is 2.35. The number of halogens is 1. The average Bonchev–Trinajstić information content (AvgIpc) is 2.82. The molecule has 4 rings (SSSR count). The molecule has 1 aromatic carbocycles. The fraction of sp³-hybridized carbons (Fsp3) is 0.440. The van der Waals surface area contributed by atoms with Gasteiger partial charge in [-0.25, -0.2) is 19.0 Å². The predicted octanol–water partition coefficient (Wildman–Crippen LogP) is 2.64. The summed E-state index contributed by atoms with van der Waals surface area (Å²) in [7, 11) is 0. The van der Waals surface area contributed by atoms with Gasteiger partial charge in [0.1, 0.15) is 24.3 Å². The lowest BCUT2D eigenvalue weighted by molar-refractivity contribution is -0.139. The third-order valence-corrected chi connectivity index (χ3v) is 6.39. The van der Waals surface area contributed by atoms with E-state index in [9.17, 15) is 23.9 Å². The van der Waals surface area contributed by atoms with Crippen molar-refractivity contribution in [2.24, 2.45) is 11.8 Å². The number of amides is 2. The molecule has 2 amide bonds. The number of carboxylic acid groups (broad SMARTS) is 1. The predicted molar refractivity (Wildman–Crippen MR) is 125 cm³/mol. The molecule has 186 valence electrons. The molecule has 10 heteroatoms. The van der Waals surface area contributed by atoms with Crippen LogP contribution in [0.5, 0.6) is 0 Å². The first-order chi connectivity index (χ1) is 16.9. The van der Waals surface area contributed by atoms with Crippen LogP contribution in [0, 0.1) is 17.7 Å². The Bertz CT molecular complexity index is 1090. The molecule has 2 aromatic rings. The molecule has 0 bridgehead atoms. The monoisotopic (exact) mass is 484 g/mol. The summed E-state index contributed by atoms with van der Waals surface area (Å²) in [6.07, 6.45) is 3.40. The fourth-order valence-electron chi connectivity index (χ4n) is 4.40. The first-order valence-corrected chi connectivity index (χ1v) is 11.8. The maximum Gasteiger partial charge on any atom is 0.408 e. The van der Waals surface area contributed by atoms with Crippen LogP contribution in [-0.4, -0.2) is 47.2 Å². The van der Waals surface area contributed by atoms with E-state index >= 15 is 0 Å². The van der Waals surface area contributed by atoms with Crippen molar-refractivity contribution in [3.63, 3.8) is 0 Å². The quantitative estimate of drug-likeness (QED) is 0.431. The van der Waals surface area contributed by atoms with Gasteiger partial charge < -0.3 is 25.8 Å². The van der Waals surface area contributed by atoms with Gasteiger partial charge in [0.2, 0.25) is 5.91 Å². The summed E-state index contributed by atoms with van der Waals surface area (Å²) in [6, 6.07) is 8.36. The Morgan fingerprint density at radius 3 is 2.83 bits per heavy atom. The molecule has 2 heterocycles. The van der Waals surface area contributed by atoms with Crippen LogP contribution in [0.15, 0.2) is 36.4 Å². The lowest BCUT2D eigenvalue weighted by Crippen LogP contribution is -2.50. The molecule has 0 radical (unpaired) electrons. The third kappa shape index (κ3) is 6.68. The minimum atomic E-state index is -1.35. The number of rotatable bonds is 9. The largest absolute Gasteiger partial charge is 0.480 e. The first-order valence-electron chi connectivity index (χ1n) is 11.8. The topological polar surface area (TPSA) is 130 Å². The van der Waals surface area contributed by atoms with E-state index in [1.165, 1.54) is 23.8 Å². The maximum atomic E-state index is 13.2. The Balaban J connectivity index is 1.18. The number of hydrogen-bond donors (Lipinski definition) is 4. The Hall–Kier alpha value is -3.69. The number of nitrogens with one attached hydrogen (secondary N) is 3. The van der Waals surface area contributed by atoms with Crippen LogP contribution in [0.3, 0.4) is 0 Å². The average molecular weight is 485 g/mol. The molecule has 1 saturated carbocycles. The van der Waals surface area contributed by atoms with Crippen molar-refractivity contribution in [1.82, 2.24) is 15.6 Å². The second-order valence-corrected chi connectivity index (χ2v) is 9.07. The molecule has 1 aromatic heterocycles. The van der Waals surface area contributed by atoms with Crippen molar-refractivity contribution in [3.8, 4) is 0 Å². The number of nitrogens with zero attached hydrogens (tertiary/aromatic N) is 1. The summed E-state index contributed by atoms with van der Waals surface area (Å²) in [6.45, 7) is 0.468. The smallest absolute Gasteiger partial charge is 0.408 e. The molecule has 0 unspecified atom stereocenters. The zero-order valence-electron chi connectivity index (χ0n) is 19.3. The molecule has 1 aliphatic carbocycles. The number of carboxylic acids is 1. The Morgan fingerprint density at radius 2 is 2.06 bits per heavy atom. The number of aromatic nitrogens is 1. The molecule has 0 saturated heterocycles. The number of aryl methyl sites for hydroxylation is 1. The highest BCUT2D eigenvalue weighted by atomic mass is 19.1. The van der Waals surface area contributed by atoms with E-state index in [2.05, 4.69) is 28.1 Å². The van der Waals surface area contributed by atoms with Crippen LogP contribution >= 0.6 is 0 Å². The molecular weight excluding hydrogens is 455 g/mol. The molecule has 1 atom stereocenters. The van der Waals surface area contributed by atoms with Crippen molar-refractivity contribution in [1.29, 1.82) is 0 Å². The normalized spacial score (nSPS) is 19.3. The van der Waals surface area contributed by atoms with Gasteiger partial charge in [0.25, 0.3) is 0 Å². The van der Waals surface area contributed by atoms with Gasteiger partial charge in [-0.1, -0.05) is 18.2 Å². The number of aliphatic carboxylic acids is 1. The van der Waals surface area contributed by atoms with Crippen LogP contribution in [-0.2, 0) is 33.8 Å². The van der Waals surface area contributed by atoms with E-state index < -0.39 is 23.9 Å². The van der Waals surface area contributed by atoms with E-state index in [0.29, 0.717) is 24.3 Å². The fourth-order valence-corrected chi connectivity index (χ4v) is 4.40. The zero-order chi connectivity index (χ0) is 24.8. The number of ether oxygens (including phenoxy) is 1. The molecule has 2 aliphatic rings. The van der Waals surface area contributed by atoms with Crippen molar-refractivity contribution in [2.75, 3.05) is 18.4 Å². The van der Waals surface area contributed by atoms with Crippen molar-refractivity contribution in [3.05, 3.63) is 59.0 Å². The molecule has 1 fully saturated rings. The van der Waals surface area contributed by atoms with E-state index in [-0.39, 0.29) is 25.0 Å². The second kappa shape index (κ2) is 11.2. The van der Waals surface area contributed by atoms with Gasteiger partial charge in [0.15, 0.2) is 0 Å². The molecule has 1 aliphatic heterocycles. The van der Waals surface area contributed by atoms with Gasteiger partial charge in [0.05, 0.1) is 0 Å². The summed E-state index contributed by atoms with van der Waals surface area (Å²) in [5, 5.41) is 17.5. The van der Waals surface area contributed by atoms with Gasteiger partial charge in [-0.3, -0.25) is 4.79 Å². The van der Waals surface area contributed by atoms with E-state index in [1.54, 1.807) is 6.07 Å². The summed E-state index contributed by atoms with van der Waals surface area (Å²) in [5.74, 6) is -0.874. The minimum Gasteiger partial charge on any atom is -0.480 e. The van der Waals surface area contributed by atoms with E-state index in [0.717, 1.165) is 37.3 Å². The number of fused-ring (bicyclic) bond motifs is 1. The summed E-state index contributed by atoms with van der Waals surface area (Å²) in [5.41, 5.74) is 2.68. The van der Waals surface area contributed by atoms with Gasteiger partial charge in [-0.15, -0.1) is 0 Å². The zero-order valence-corrected chi connectivity index (χ0v) is 19.3. The van der Waals surface area contributed by atoms with Gasteiger partial charge >= 0.3 is 12.1 Å². The lowest BCUT2D eigenvalue weighted by atomic mass is 9.72. The van der Waals surface area contributed by atoms with Crippen molar-refractivity contribution < 1.29 is 28.6 Å². The van der Waals surface area contributed by atoms with Crippen LogP contribution < -0.4 is 16.0 Å². The van der Waals surface area contributed by atoms with Crippen LogP contribution in [0.1, 0.15) is 36.1 Å². The standard InChI is InChI=1S/C25H29FN4O5/c26-19-5-1-3-15(11-19)14-35-25(34)30-21(24(32)33)13-28-23(31)18-9-16(10-18)12-20-7-6-17-4-2-8-27-22(17)29-20/h1,3,5-7,11,16,18,21H,2,4,8-10,12-14H2,(H,27,29)(H,28,31)(H,30,34)(H,32,33)/t16?,18?,21-/m0/s1. The number of hydrogen-bond acceptors (Lipinski definition) is 6. The lowest BCUT2D eigenvalue weighted by Gasteiger charge is -2.34. The highest BCUT2D eigenvalue weighted by Crippen LogP contribution is 2.36. The minimum absolute atomic E-state index is 0.190. The summed E-state index contributed by atoms with van der Waals surface area (Å²) < 4.78 is 18.1. The molecule has 35 heavy (non-hydrogen) atoms. The number of anilines is 1. The number of benzene rings is 1. The van der Waals surface area contributed by atoms with Crippen LogP contribution in [0.2, 0.25) is 0 Å². The second-order valence-electron chi connectivity index (χ2n) is 9.07. The maximum absolute atomic E-state index is 13.2. The summed E-state index contributed by atoms with van der Waals surface area (Å²) >= 11 is 0.